The molecule has 2 aliphatic heterocycles. The first-order valence-corrected chi connectivity index (χ1v) is 10.8. The molecule has 0 bridgehead atoms. The fourth-order valence-electron chi connectivity index (χ4n) is 4.06. The first kappa shape index (κ1) is 23.0. The van der Waals surface area contributed by atoms with Crippen molar-refractivity contribution in [2.45, 2.75) is 32.0 Å². The van der Waals surface area contributed by atoms with Gasteiger partial charge in [0.05, 0.1) is 24.3 Å². The molecule has 7 nitrogen and oxygen atoms in total. The number of aromatic nitrogens is 2. The molecule has 1 aromatic carbocycles. The van der Waals surface area contributed by atoms with Crippen LogP contribution in [0, 0.1) is 0 Å². The average Bonchev–Trinajstić information content (AvgIpc) is 3.33. The minimum atomic E-state index is -4.51. The molecule has 1 fully saturated rings. The van der Waals surface area contributed by atoms with Gasteiger partial charge in [0.25, 0.3) is 0 Å². The molecule has 0 aliphatic carbocycles. The number of carbonyl (C=O) groups is 1. The number of nitrogens with one attached hydrogen (secondary N) is 1. The number of thiocarbonyl (C=S) groups is 1. The molecule has 0 spiro atoms. The second kappa shape index (κ2) is 8.97. The smallest absolute Gasteiger partial charge is 0.416 e. The molecule has 1 saturated heterocycles. The molecular formula is C22H22F3N5O2S. The standard InChI is InChI=1S/C22H22F3N5O2S/c1-13-17(19(31)32-2)18(14-11-26-20(27-12-14)29-8-3-4-9-29)28-21(33)30(13)16-7-5-6-15(10-16)22(23,24)25/h5-7,10-12,18H,3-4,8-9H2,1-2H3,(H,28,33)/t18-/m0/s1. The number of halogens is 3. The quantitative estimate of drug-likeness (QED) is 0.524. The molecule has 3 heterocycles. The van der Waals surface area contributed by atoms with E-state index in [4.69, 9.17) is 17.0 Å². The van der Waals surface area contributed by atoms with E-state index in [0.29, 0.717) is 17.2 Å². The molecule has 1 aromatic heterocycles. The lowest BCUT2D eigenvalue weighted by atomic mass is 9.96. The van der Waals surface area contributed by atoms with Gasteiger partial charge in [0.2, 0.25) is 5.95 Å². The predicted molar refractivity (Wildman–Crippen MR) is 121 cm³/mol. The highest BCUT2D eigenvalue weighted by Gasteiger charge is 2.37. The van der Waals surface area contributed by atoms with Gasteiger partial charge >= 0.3 is 12.1 Å². The maximum atomic E-state index is 13.2. The van der Waals surface area contributed by atoms with Crippen molar-refractivity contribution in [3.8, 4) is 0 Å². The van der Waals surface area contributed by atoms with Crippen LogP contribution in [0.5, 0.6) is 0 Å². The minimum absolute atomic E-state index is 0.146. The van der Waals surface area contributed by atoms with Crippen LogP contribution >= 0.6 is 12.2 Å². The number of nitrogens with zero attached hydrogens (tertiary/aromatic N) is 4. The number of ether oxygens (including phenoxy) is 1. The number of benzene rings is 1. The fraction of sp³-hybridized carbons (Fsp3) is 0.364. The lowest BCUT2D eigenvalue weighted by Gasteiger charge is -2.37. The third-order valence-corrected chi connectivity index (χ3v) is 6.00. The number of esters is 1. The number of rotatable bonds is 4. The van der Waals surface area contributed by atoms with Gasteiger partial charge in [-0.2, -0.15) is 13.2 Å². The molecular weight excluding hydrogens is 455 g/mol. The van der Waals surface area contributed by atoms with E-state index in [-0.39, 0.29) is 16.4 Å². The maximum absolute atomic E-state index is 13.2. The van der Waals surface area contributed by atoms with Crippen LogP contribution in [0.25, 0.3) is 0 Å². The van der Waals surface area contributed by atoms with Gasteiger partial charge < -0.3 is 15.0 Å². The molecule has 0 saturated carbocycles. The Balaban J connectivity index is 1.73. The van der Waals surface area contributed by atoms with Gasteiger partial charge in [-0.05, 0) is 50.2 Å². The lowest BCUT2D eigenvalue weighted by Crippen LogP contribution is -2.48. The summed E-state index contributed by atoms with van der Waals surface area (Å²) in [6, 6.07) is 4.05. The highest BCUT2D eigenvalue weighted by Crippen LogP contribution is 2.37. The first-order valence-electron chi connectivity index (χ1n) is 10.3. The average molecular weight is 478 g/mol. The third-order valence-electron chi connectivity index (χ3n) is 5.70. The van der Waals surface area contributed by atoms with Crippen LogP contribution in [0.3, 0.4) is 0 Å². The largest absolute Gasteiger partial charge is 0.466 e. The number of methoxy groups -OCH3 is 1. The topological polar surface area (TPSA) is 70.6 Å². The Kier molecular flexibility index (Phi) is 6.24. The van der Waals surface area contributed by atoms with E-state index in [9.17, 15) is 18.0 Å². The highest BCUT2D eigenvalue weighted by molar-refractivity contribution is 7.80. The number of anilines is 2. The molecule has 1 atom stereocenters. The molecule has 11 heteroatoms. The molecule has 33 heavy (non-hydrogen) atoms. The zero-order chi connectivity index (χ0) is 23.8. The van der Waals surface area contributed by atoms with Crippen molar-refractivity contribution in [3.05, 3.63) is 59.1 Å². The lowest BCUT2D eigenvalue weighted by molar-refractivity contribution is -0.138. The van der Waals surface area contributed by atoms with E-state index in [1.807, 2.05) is 0 Å². The Bertz CT molecular complexity index is 1100. The Morgan fingerprint density at radius 3 is 2.48 bits per heavy atom. The molecule has 0 radical (unpaired) electrons. The zero-order valence-corrected chi connectivity index (χ0v) is 18.8. The Morgan fingerprint density at radius 2 is 1.88 bits per heavy atom. The van der Waals surface area contributed by atoms with E-state index < -0.39 is 23.8 Å². The van der Waals surface area contributed by atoms with Crippen LogP contribution in [0.1, 0.15) is 36.9 Å². The summed E-state index contributed by atoms with van der Waals surface area (Å²) in [5, 5.41) is 3.19. The summed E-state index contributed by atoms with van der Waals surface area (Å²) in [5.41, 5.74) is 0.520. The summed E-state index contributed by atoms with van der Waals surface area (Å²) < 4.78 is 44.7. The van der Waals surface area contributed by atoms with Crippen molar-refractivity contribution in [1.29, 1.82) is 0 Å². The van der Waals surface area contributed by atoms with Crippen LogP contribution in [-0.4, -0.2) is 41.2 Å². The van der Waals surface area contributed by atoms with Gasteiger partial charge in [-0.3, -0.25) is 4.90 Å². The second-order valence-electron chi connectivity index (χ2n) is 7.77. The van der Waals surface area contributed by atoms with Crippen LogP contribution in [-0.2, 0) is 15.7 Å². The van der Waals surface area contributed by atoms with Gasteiger partial charge in [-0.1, -0.05) is 6.07 Å². The van der Waals surface area contributed by atoms with Crippen molar-refractivity contribution in [1.82, 2.24) is 15.3 Å². The predicted octanol–water partition coefficient (Wildman–Crippen LogP) is 3.98. The van der Waals surface area contributed by atoms with E-state index in [1.165, 1.54) is 24.1 Å². The third kappa shape index (κ3) is 4.50. The van der Waals surface area contributed by atoms with Crippen molar-refractivity contribution in [2.24, 2.45) is 0 Å². The molecule has 174 valence electrons. The van der Waals surface area contributed by atoms with Crippen molar-refractivity contribution in [2.75, 3.05) is 30.0 Å². The van der Waals surface area contributed by atoms with Crippen molar-refractivity contribution >= 4 is 34.9 Å². The Labute approximate surface area is 194 Å². The van der Waals surface area contributed by atoms with Crippen LogP contribution in [0.2, 0.25) is 0 Å². The number of alkyl halides is 3. The highest BCUT2D eigenvalue weighted by atomic mass is 32.1. The Morgan fingerprint density at radius 1 is 1.21 bits per heavy atom. The number of carbonyl (C=O) groups excluding carboxylic acids is 1. The van der Waals surface area contributed by atoms with Crippen LogP contribution in [0.15, 0.2) is 47.9 Å². The van der Waals surface area contributed by atoms with E-state index in [0.717, 1.165) is 38.1 Å². The van der Waals surface area contributed by atoms with E-state index in [2.05, 4.69) is 20.2 Å². The molecule has 1 N–H and O–H groups in total. The van der Waals surface area contributed by atoms with Gasteiger partial charge in [0.1, 0.15) is 0 Å². The molecule has 0 unspecified atom stereocenters. The Hall–Kier alpha value is -3.21. The van der Waals surface area contributed by atoms with Crippen molar-refractivity contribution < 1.29 is 22.7 Å². The molecule has 4 rings (SSSR count). The van der Waals surface area contributed by atoms with Crippen LogP contribution in [0.4, 0.5) is 24.8 Å². The van der Waals surface area contributed by atoms with Crippen molar-refractivity contribution in [3.63, 3.8) is 0 Å². The minimum Gasteiger partial charge on any atom is -0.466 e. The molecule has 2 aromatic rings. The fourth-order valence-corrected chi connectivity index (χ4v) is 4.42. The summed E-state index contributed by atoms with van der Waals surface area (Å²) in [6.07, 6.45) is 0.904. The monoisotopic (exact) mass is 477 g/mol. The summed E-state index contributed by atoms with van der Waals surface area (Å²) in [5.74, 6) is -0.0198. The summed E-state index contributed by atoms with van der Waals surface area (Å²) in [7, 11) is 1.24. The molecule has 0 amide bonds. The summed E-state index contributed by atoms with van der Waals surface area (Å²) in [4.78, 5) is 25.1. The summed E-state index contributed by atoms with van der Waals surface area (Å²) >= 11 is 5.49. The first-order chi connectivity index (χ1) is 15.7. The number of hydrogen-bond acceptors (Lipinski definition) is 6. The normalized spacial score (nSPS) is 19.1. The zero-order valence-electron chi connectivity index (χ0n) is 18.0. The maximum Gasteiger partial charge on any atom is 0.416 e. The summed E-state index contributed by atoms with van der Waals surface area (Å²) in [6.45, 7) is 3.40. The molecule has 2 aliphatic rings. The SMILES string of the molecule is COC(=O)C1=C(C)N(c2cccc(C(F)(F)F)c2)C(=S)N[C@H]1c1cnc(N2CCCC2)nc1. The van der Waals surface area contributed by atoms with Gasteiger partial charge in [0, 0.05) is 42.4 Å². The van der Waals surface area contributed by atoms with Gasteiger partial charge in [-0.25, -0.2) is 14.8 Å². The number of allylic oxidation sites excluding steroid dienone is 1. The van der Waals surface area contributed by atoms with Gasteiger partial charge in [-0.15, -0.1) is 0 Å². The van der Waals surface area contributed by atoms with E-state index in [1.54, 1.807) is 19.3 Å². The van der Waals surface area contributed by atoms with Gasteiger partial charge in [0.15, 0.2) is 5.11 Å². The van der Waals surface area contributed by atoms with E-state index >= 15 is 0 Å². The number of hydrogen-bond donors (Lipinski definition) is 1. The van der Waals surface area contributed by atoms with Crippen LogP contribution < -0.4 is 15.1 Å². The second-order valence-corrected chi connectivity index (χ2v) is 8.15.